The third-order valence-electron chi connectivity index (χ3n) is 2.41. The third kappa shape index (κ3) is 2.66. The molecular formula is C12H7ClF2N2O2. The van der Waals surface area contributed by atoms with Crippen molar-refractivity contribution in [3.63, 3.8) is 0 Å². The van der Waals surface area contributed by atoms with Crippen molar-refractivity contribution in [2.75, 3.05) is 0 Å². The summed E-state index contributed by atoms with van der Waals surface area (Å²) in [6, 6.07) is 6.43. The van der Waals surface area contributed by atoms with Gasteiger partial charge in [0.05, 0.1) is 16.1 Å². The molecule has 0 spiro atoms. The van der Waals surface area contributed by atoms with E-state index in [-0.39, 0.29) is 10.6 Å². The number of hydrogen-bond donors (Lipinski definition) is 0. The second-order valence-corrected chi connectivity index (χ2v) is 4.05. The summed E-state index contributed by atoms with van der Waals surface area (Å²) >= 11 is 5.98. The van der Waals surface area contributed by atoms with Gasteiger partial charge in [-0.3, -0.25) is 0 Å². The van der Waals surface area contributed by atoms with Crippen LogP contribution >= 0.6 is 11.6 Å². The Balaban J connectivity index is 2.34. The van der Waals surface area contributed by atoms with Gasteiger partial charge in [-0.1, -0.05) is 11.6 Å². The Kier molecular flexibility index (Phi) is 3.67. The summed E-state index contributed by atoms with van der Waals surface area (Å²) in [6.07, 6.45) is -2.37. The Morgan fingerprint density at radius 2 is 2.21 bits per heavy atom. The second kappa shape index (κ2) is 5.24. The molecule has 2 rings (SSSR count). The van der Waals surface area contributed by atoms with Crippen LogP contribution in [0.4, 0.5) is 8.78 Å². The van der Waals surface area contributed by atoms with Crippen LogP contribution in [-0.4, -0.2) is 17.1 Å². The normalized spacial score (nSPS) is 10.7. The monoisotopic (exact) mass is 284 g/mol. The molecule has 2 aromatic rings. The van der Waals surface area contributed by atoms with Crippen LogP contribution in [0, 0.1) is 11.3 Å². The van der Waals surface area contributed by atoms with Gasteiger partial charge in [-0.15, -0.1) is 0 Å². The van der Waals surface area contributed by atoms with Crippen LogP contribution in [0.1, 0.15) is 12.0 Å². The van der Waals surface area contributed by atoms with Crippen LogP contribution < -0.4 is 4.84 Å². The lowest BCUT2D eigenvalue weighted by atomic mass is 10.2. The lowest BCUT2D eigenvalue weighted by Crippen LogP contribution is -2.20. The summed E-state index contributed by atoms with van der Waals surface area (Å²) in [5.41, 5.74) is 0.706. The highest BCUT2D eigenvalue weighted by molar-refractivity contribution is 6.36. The zero-order chi connectivity index (χ0) is 14.0. The number of alkyl halides is 2. The van der Waals surface area contributed by atoms with Crippen molar-refractivity contribution in [1.82, 2.24) is 4.73 Å². The number of nitriles is 1. The summed E-state index contributed by atoms with van der Waals surface area (Å²) in [5, 5.41) is 9.55. The van der Waals surface area contributed by atoms with Gasteiger partial charge in [0.2, 0.25) is 6.43 Å². The molecule has 0 amide bonds. The van der Waals surface area contributed by atoms with Crippen molar-refractivity contribution < 1.29 is 18.4 Å². The van der Waals surface area contributed by atoms with Crippen molar-refractivity contribution in [2.45, 2.75) is 12.8 Å². The van der Waals surface area contributed by atoms with E-state index in [0.29, 0.717) is 10.9 Å². The Morgan fingerprint density at radius 3 is 2.84 bits per heavy atom. The average Bonchev–Trinajstić information content (AvgIpc) is 2.73. The fourth-order valence-corrected chi connectivity index (χ4v) is 1.86. The lowest BCUT2D eigenvalue weighted by Gasteiger charge is -2.06. The van der Waals surface area contributed by atoms with E-state index < -0.39 is 18.8 Å². The molecule has 0 bridgehead atoms. The van der Waals surface area contributed by atoms with Gasteiger partial charge in [-0.05, 0) is 18.2 Å². The molecule has 0 aliphatic heterocycles. The standard InChI is InChI=1S/C12H7ClF2N2O2/c13-12-7(6-16)1-2-9-8(12)3-4-17(9)19-11(18)5-10(14)15/h1-4,10H,5H2. The molecule has 7 heteroatoms. The van der Waals surface area contributed by atoms with Crippen molar-refractivity contribution in [3.8, 4) is 6.07 Å². The largest absolute Gasteiger partial charge is 0.338 e. The van der Waals surface area contributed by atoms with Crippen LogP contribution in [0.2, 0.25) is 5.02 Å². The number of fused-ring (bicyclic) bond motifs is 1. The van der Waals surface area contributed by atoms with Crippen molar-refractivity contribution in [1.29, 1.82) is 5.26 Å². The number of rotatable bonds is 3. The lowest BCUT2D eigenvalue weighted by molar-refractivity contribution is -0.146. The van der Waals surface area contributed by atoms with E-state index in [0.717, 1.165) is 4.73 Å². The van der Waals surface area contributed by atoms with Gasteiger partial charge in [0.25, 0.3) is 0 Å². The van der Waals surface area contributed by atoms with E-state index in [1.807, 2.05) is 6.07 Å². The van der Waals surface area contributed by atoms with Crippen LogP contribution in [0.5, 0.6) is 0 Å². The van der Waals surface area contributed by atoms with Crippen LogP contribution in [0.15, 0.2) is 24.4 Å². The summed E-state index contributed by atoms with van der Waals surface area (Å²) < 4.78 is 25.1. The summed E-state index contributed by atoms with van der Waals surface area (Å²) in [5.74, 6) is -1.05. The SMILES string of the molecule is N#Cc1ccc2c(ccn2OC(=O)CC(F)F)c1Cl. The van der Waals surface area contributed by atoms with Crippen molar-refractivity contribution in [3.05, 3.63) is 35.0 Å². The maximum absolute atomic E-state index is 12.0. The van der Waals surface area contributed by atoms with Gasteiger partial charge in [-0.2, -0.15) is 9.99 Å². The van der Waals surface area contributed by atoms with Gasteiger partial charge in [0.1, 0.15) is 12.5 Å². The van der Waals surface area contributed by atoms with E-state index in [2.05, 4.69) is 0 Å². The molecule has 0 unspecified atom stereocenters. The van der Waals surface area contributed by atoms with Crippen LogP contribution in [-0.2, 0) is 4.79 Å². The molecule has 0 fully saturated rings. The summed E-state index contributed by atoms with van der Waals surface area (Å²) in [4.78, 5) is 15.9. The molecule has 0 saturated carbocycles. The van der Waals surface area contributed by atoms with Gasteiger partial charge in [0.15, 0.2) is 0 Å². The minimum atomic E-state index is -2.76. The number of aromatic nitrogens is 1. The van der Waals surface area contributed by atoms with Crippen LogP contribution in [0.3, 0.4) is 0 Å². The average molecular weight is 285 g/mol. The van der Waals surface area contributed by atoms with E-state index in [9.17, 15) is 13.6 Å². The number of carbonyl (C=O) groups is 1. The fraction of sp³-hybridized carbons (Fsp3) is 0.167. The van der Waals surface area contributed by atoms with E-state index in [4.69, 9.17) is 21.7 Å². The zero-order valence-corrected chi connectivity index (χ0v) is 10.2. The third-order valence-corrected chi connectivity index (χ3v) is 2.82. The predicted octanol–water partition coefficient (Wildman–Crippen LogP) is 2.78. The number of carbonyl (C=O) groups excluding carboxylic acids is 1. The first-order valence-electron chi connectivity index (χ1n) is 5.22. The Hall–Kier alpha value is -2.13. The Bertz CT molecular complexity index is 676. The molecule has 0 radical (unpaired) electrons. The molecule has 0 saturated heterocycles. The molecule has 4 nitrogen and oxygen atoms in total. The first kappa shape index (κ1) is 13.3. The number of nitrogens with zero attached hydrogens (tertiary/aromatic N) is 2. The molecule has 1 aromatic heterocycles. The van der Waals surface area contributed by atoms with E-state index >= 15 is 0 Å². The van der Waals surface area contributed by atoms with Gasteiger partial charge in [0, 0.05) is 11.6 Å². The Labute approximate surface area is 111 Å². The van der Waals surface area contributed by atoms with E-state index in [1.54, 1.807) is 0 Å². The molecule has 19 heavy (non-hydrogen) atoms. The highest BCUT2D eigenvalue weighted by Gasteiger charge is 2.15. The molecule has 0 aliphatic rings. The van der Waals surface area contributed by atoms with E-state index in [1.165, 1.54) is 24.4 Å². The molecule has 1 aromatic carbocycles. The molecule has 0 aliphatic carbocycles. The predicted molar refractivity (Wildman–Crippen MR) is 63.9 cm³/mol. The molecular weight excluding hydrogens is 278 g/mol. The molecule has 98 valence electrons. The van der Waals surface area contributed by atoms with Gasteiger partial charge in [-0.25, -0.2) is 13.6 Å². The number of benzene rings is 1. The minimum absolute atomic E-state index is 0.226. The number of hydrogen-bond acceptors (Lipinski definition) is 3. The second-order valence-electron chi connectivity index (χ2n) is 3.67. The zero-order valence-electron chi connectivity index (χ0n) is 9.44. The molecule has 0 atom stereocenters. The summed E-state index contributed by atoms with van der Waals surface area (Å²) in [7, 11) is 0. The highest BCUT2D eigenvalue weighted by atomic mass is 35.5. The number of halogens is 3. The smallest absolute Gasteiger partial charge is 0.336 e. The van der Waals surface area contributed by atoms with Gasteiger partial charge < -0.3 is 4.84 Å². The first-order valence-corrected chi connectivity index (χ1v) is 5.59. The minimum Gasteiger partial charge on any atom is -0.336 e. The van der Waals surface area contributed by atoms with Crippen molar-refractivity contribution >= 4 is 28.5 Å². The maximum Gasteiger partial charge on any atom is 0.338 e. The molecule has 0 N–H and O–H groups in total. The topological polar surface area (TPSA) is 55.0 Å². The fourth-order valence-electron chi connectivity index (χ4n) is 1.59. The summed E-state index contributed by atoms with van der Waals surface area (Å²) in [6.45, 7) is 0. The van der Waals surface area contributed by atoms with Crippen molar-refractivity contribution in [2.24, 2.45) is 0 Å². The first-order chi connectivity index (χ1) is 9.02. The maximum atomic E-state index is 12.0. The quantitative estimate of drug-likeness (QED) is 0.871. The molecule has 1 heterocycles. The Morgan fingerprint density at radius 1 is 1.47 bits per heavy atom. The van der Waals surface area contributed by atoms with Crippen LogP contribution in [0.25, 0.3) is 10.9 Å². The highest BCUT2D eigenvalue weighted by Crippen LogP contribution is 2.27. The van der Waals surface area contributed by atoms with Gasteiger partial charge >= 0.3 is 5.97 Å².